The molecule has 1 aromatic heterocycles. The Hall–Kier alpha value is -1.19. The second kappa shape index (κ2) is 2.21. The van der Waals surface area contributed by atoms with E-state index in [2.05, 4.69) is 20.7 Å². The van der Waals surface area contributed by atoms with Gasteiger partial charge in [-0.3, -0.25) is 0 Å². The third-order valence-electron chi connectivity index (χ3n) is 1.43. The average molecular weight is 136 g/mol. The molecule has 1 aliphatic carbocycles. The van der Waals surface area contributed by atoms with Gasteiger partial charge in [-0.25, -0.2) is 0 Å². The zero-order valence-electron chi connectivity index (χ0n) is 5.49. The van der Waals surface area contributed by atoms with Gasteiger partial charge in [0.05, 0.1) is 6.20 Å². The highest BCUT2D eigenvalue weighted by molar-refractivity contribution is 5.33. The summed E-state index contributed by atoms with van der Waals surface area (Å²) in [5, 5.41) is 14.1. The molecule has 52 valence electrons. The third kappa shape index (κ3) is 1.21. The minimum absolute atomic E-state index is 0.636. The predicted molar refractivity (Wildman–Crippen MR) is 36.5 cm³/mol. The van der Waals surface area contributed by atoms with Crippen LogP contribution in [0.15, 0.2) is 12.3 Å². The van der Waals surface area contributed by atoms with E-state index in [1.807, 2.05) is 6.07 Å². The Bertz CT molecular complexity index is 206. The molecule has 1 fully saturated rings. The summed E-state index contributed by atoms with van der Waals surface area (Å²) in [6, 6.07) is 2.46. The van der Waals surface area contributed by atoms with Gasteiger partial charge < -0.3 is 5.32 Å². The monoisotopic (exact) mass is 136 g/mol. The first-order valence-electron chi connectivity index (χ1n) is 3.36. The summed E-state index contributed by atoms with van der Waals surface area (Å²) in [7, 11) is 0. The Morgan fingerprint density at radius 3 is 3.00 bits per heavy atom. The van der Waals surface area contributed by atoms with E-state index in [1.54, 1.807) is 6.20 Å². The Kier molecular flexibility index (Phi) is 1.23. The van der Waals surface area contributed by atoms with Crippen molar-refractivity contribution >= 4 is 5.82 Å². The first-order valence-corrected chi connectivity index (χ1v) is 3.36. The van der Waals surface area contributed by atoms with Gasteiger partial charge in [0.1, 0.15) is 0 Å². The van der Waals surface area contributed by atoms with Crippen LogP contribution >= 0.6 is 0 Å². The maximum absolute atomic E-state index is 3.79. The van der Waals surface area contributed by atoms with E-state index >= 15 is 0 Å². The summed E-state index contributed by atoms with van der Waals surface area (Å²) in [6.45, 7) is 0. The van der Waals surface area contributed by atoms with Crippen LogP contribution < -0.4 is 5.32 Å². The molecule has 0 radical (unpaired) electrons. The van der Waals surface area contributed by atoms with Gasteiger partial charge in [-0.05, 0) is 18.1 Å². The minimum Gasteiger partial charge on any atom is -0.366 e. The zero-order valence-corrected chi connectivity index (χ0v) is 5.49. The first-order chi connectivity index (χ1) is 4.95. The van der Waals surface area contributed by atoms with Crippen LogP contribution in [0.3, 0.4) is 0 Å². The van der Waals surface area contributed by atoms with Crippen LogP contribution in [0.1, 0.15) is 12.8 Å². The molecule has 1 saturated carbocycles. The number of rotatable bonds is 2. The lowest BCUT2D eigenvalue weighted by Crippen LogP contribution is -2.03. The molecule has 0 aliphatic heterocycles. The fourth-order valence-corrected chi connectivity index (χ4v) is 0.755. The van der Waals surface area contributed by atoms with Gasteiger partial charge >= 0.3 is 0 Å². The minimum atomic E-state index is 0.636. The Labute approximate surface area is 58.7 Å². The second-order valence-electron chi connectivity index (χ2n) is 2.42. The van der Waals surface area contributed by atoms with E-state index in [1.165, 1.54) is 12.8 Å². The van der Waals surface area contributed by atoms with Crippen LogP contribution in [-0.4, -0.2) is 21.5 Å². The normalized spacial score (nSPS) is 16.8. The number of nitrogens with one attached hydrogen (secondary N) is 1. The molecule has 0 bridgehead atoms. The molecule has 1 aromatic rings. The molecule has 4 nitrogen and oxygen atoms in total. The van der Waals surface area contributed by atoms with Crippen molar-refractivity contribution < 1.29 is 0 Å². The SMILES string of the molecule is c1cc(NC2CC2)nnn1. The Balaban J connectivity index is 2.03. The van der Waals surface area contributed by atoms with Crippen molar-refractivity contribution in [1.29, 1.82) is 0 Å². The van der Waals surface area contributed by atoms with Gasteiger partial charge in [-0.1, -0.05) is 0 Å². The van der Waals surface area contributed by atoms with Crippen molar-refractivity contribution in [2.24, 2.45) is 0 Å². The van der Waals surface area contributed by atoms with Crippen LogP contribution in [0, 0.1) is 0 Å². The summed E-state index contributed by atoms with van der Waals surface area (Å²) >= 11 is 0. The third-order valence-corrected chi connectivity index (χ3v) is 1.43. The molecule has 0 spiro atoms. The van der Waals surface area contributed by atoms with Crippen LogP contribution in [-0.2, 0) is 0 Å². The standard InChI is InChI=1S/C6H8N4/c1-2-5(1)8-6-3-4-7-10-9-6/h3-5H,1-2H2,(H,7,8,9). The average Bonchev–Trinajstić information content (AvgIpc) is 2.74. The van der Waals surface area contributed by atoms with Crippen molar-refractivity contribution in [3.63, 3.8) is 0 Å². The quantitative estimate of drug-likeness (QED) is 0.641. The number of hydrogen-bond acceptors (Lipinski definition) is 4. The van der Waals surface area contributed by atoms with Crippen molar-refractivity contribution in [1.82, 2.24) is 15.4 Å². The lowest BCUT2D eigenvalue weighted by molar-refractivity contribution is 0.861. The molecule has 1 aliphatic rings. The molecule has 2 rings (SSSR count). The summed E-state index contributed by atoms with van der Waals surface area (Å²) in [5.41, 5.74) is 0. The summed E-state index contributed by atoms with van der Waals surface area (Å²) in [6.07, 6.45) is 4.14. The van der Waals surface area contributed by atoms with E-state index in [0.717, 1.165) is 5.82 Å². The maximum atomic E-state index is 3.79. The second-order valence-corrected chi connectivity index (χ2v) is 2.42. The smallest absolute Gasteiger partial charge is 0.152 e. The Morgan fingerprint density at radius 2 is 2.40 bits per heavy atom. The summed E-state index contributed by atoms with van der Waals surface area (Å²) in [5.74, 6) is 0.831. The van der Waals surface area contributed by atoms with E-state index in [4.69, 9.17) is 0 Å². The Morgan fingerprint density at radius 1 is 1.50 bits per heavy atom. The number of hydrogen-bond donors (Lipinski definition) is 1. The topological polar surface area (TPSA) is 50.7 Å². The van der Waals surface area contributed by atoms with E-state index in [-0.39, 0.29) is 0 Å². The van der Waals surface area contributed by atoms with Crippen LogP contribution in [0.4, 0.5) is 5.82 Å². The predicted octanol–water partition coefficient (Wildman–Crippen LogP) is 0.446. The summed E-state index contributed by atoms with van der Waals surface area (Å²) < 4.78 is 0. The molecule has 0 aromatic carbocycles. The van der Waals surface area contributed by atoms with Crippen molar-refractivity contribution in [2.45, 2.75) is 18.9 Å². The van der Waals surface area contributed by atoms with Gasteiger partial charge in [0.15, 0.2) is 5.82 Å². The number of nitrogens with zero attached hydrogens (tertiary/aromatic N) is 3. The summed E-state index contributed by atoms with van der Waals surface area (Å²) in [4.78, 5) is 0. The van der Waals surface area contributed by atoms with Crippen LogP contribution in [0.5, 0.6) is 0 Å². The van der Waals surface area contributed by atoms with E-state index in [9.17, 15) is 0 Å². The highest BCUT2D eigenvalue weighted by atomic mass is 15.3. The fourth-order valence-electron chi connectivity index (χ4n) is 0.755. The van der Waals surface area contributed by atoms with E-state index in [0.29, 0.717) is 6.04 Å². The lowest BCUT2D eigenvalue weighted by atomic mass is 10.6. The fraction of sp³-hybridized carbons (Fsp3) is 0.500. The molecule has 10 heavy (non-hydrogen) atoms. The highest BCUT2D eigenvalue weighted by Crippen LogP contribution is 2.22. The molecular weight excluding hydrogens is 128 g/mol. The first kappa shape index (κ1) is 5.58. The van der Waals surface area contributed by atoms with Crippen LogP contribution in [0.25, 0.3) is 0 Å². The van der Waals surface area contributed by atoms with Gasteiger partial charge in [-0.15, -0.1) is 10.2 Å². The zero-order chi connectivity index (χ0) is 6.81. The van der Waals surface area contributed by atoms with Gasteiger partial charge in [0, 0.05) is 12.1 Å². The van der Waals surface area contributed by atoms with Gasteiger partial charge in [-0.2, -0.15) is 0 Å². The highest BCUT2D eigenvalue weighted by Gasteiger charge is 2.20. The molecular formula is C6H8N4. The van der Waals surface area contributed by atoms with Crippen molar-refractivity contribution in [3.8, 4) is 0 Å². The maximum Gasteiger partial charge on any atom is 0.152 e. The van der Waals surface area contributed by atoms with Gasteiger partial charge in [0.2, 0.25) is 0 Å². The van der Waals surface area contributed by atoms with Crippen molar-refractivity contribution in [3.05, 3.63) is 12.3 Å². The molecule has 1 heterocycles. The van der Waals surface area contributed by atoms with Crippen LogP contribution in [0.2, 0.25) is 0 Å². The largest absolute Gasteiger partial charge is 0.366 e. The van der Waals surface area contributed by atoms with Gasteiger partial charge in [0.25, 0.3) is 0 Å². The van der Waals surface area contributed by atoms with E-state index < -0.39 is 0 Å². The number of aromatic nitrogens is 3. The molecule has 0 atom stereocenters. The van der Waals surface area contributed by atoms with Crippen molar-refractivity contribution in [2.75, 3.05) is 5.32 Å². The molecule has 4 heteroatoms. The number of anilines is 1. The molecule has 0 saturated heterocycles. The molecule has 1 N–H and O–H groups in total. The molecule has 0 unspecified atom stereocenters. The molecule has 0 amide bonds. The lowest BCUT2D eigenvalue weighted by Gasteiger charge is -1.98.